The summed E-state index contributed by atoms with van der Waals surface area (Å²) in [5.41, 5.74) is 2.99. The Hall–Kier alpha value is -2.93. The van der Waals surface area contributed by atoms with Crippen LogP contribution in [0.3, 0.4) is 0 Å². The number of hydrogen-bond acceptors (Lipinski definition) is 6. The summed E-state index contributed by atoms with van der Waals surface area (Å²) in [6.45, 7) is 2.79. The molecule has 7 heteroatoms. The molecule has 3 atom stereocenters. The van der Waals surface area contributed by atoms with E-state index in [-0.39, 0.29) is 30.3 Å². The maximum absolute atomic E-state index is 13.6. The third-order valence-corrected chi connectivity index (χ3v) is 8.51. The van der Waals surface area contributed by atoms with Gasteiger partial charge in [-0.05, 0) is 53.8 Å². The van der Waals surface area contributed by atoms with E-state index in [2.05, 4.69) is 12.2 Å². The second-order valence-corrected chi connectivity index (χ2v) is 11.1. The van der Waals surface area contributed by atoms with Crippen LogP contribution in [-0.4, -0.2) is 52.6 Å². The number of nitrogens with one attached hydrogen (secondary N) is 1. The average molecular weight is 570 g/mol. The Bertz CT molecular complexity index is 1090. The summed E-state index contributed by atoms with van der Waals surface area (Å²) in [5.74, 6) is 1.55. The SMILES string of the molecule is CCCCCCCCCCCCNC(=O)[C@@H]1Cc2cc(OC)c(OC)cc2[C@H](c2ccc(OC)c(OC)c2)[C@@H]1CO. The molecule has 0 aliphatic heterocycles. The van der Waals surface area contributed by atoms with Gasteiger partial charge in [-0.1, -0.05) is 70.8 Å². The molecule has 0 bridgehead atoms. The van der Waals surface area contributed by atoms with Gasteiger partial charge in [-0.2, -0.15) is 0 Å². The summed E-state index contributed by atoms with van der Waals surface area (Å²) in [5, 5.41) is 13.9. The molecule has 2 N–H and O–H groups in total. The molecule has 2 aromatic rings. The minimum absolute atomic E-state index is 0.00844. The lowest BCUT2D eigenvalue weighted by atomic mass is 9.66. The summed E-state index contributed by atoms with van der Waals surface area (Å²) < 4.78 is 22.3. The fraction of sp³-hybridized carbons (Fsp3) is 0.618. The van der Waals surface area contributed by atoms with Crippen molar-refractivity contribution >= 4 is 5.91 Å². The molecule has 1 aliphatic carbocycles. The lowest BCUT2D eigenvalue weighted by Gasteiger charge is -2.39. The Morgan fingerprint density at radius 2 is 1.34 bits per heavy atom. The number of carbonyl (C=O) groups is 1. The number of carbonyl (C=O) groups excluding carboxylic acids is 1. The van der Waals surface area contributed by atoms with Crippen LogP contribution < -0.4 is 24.3 Å². The van der Waals surface area contributed by atoms with Gasteiger partial charge in [-0.15, -0.1) is 0 Å². The van der Waals surface area contributed by atoms with Gasteiger partial charge in [0, 0.05) is 30.9 Å². The summed E-state index contributed by atoms with van der Waals surface area (Å²) in [4.78, 5) is 13.6. The quantitative estimate of drug-likeness (QED) is 0.195. The number of hydrogen-bond donors (Lipinski definition) is 2. The second-order valence-electron chi connectivity index (χ2n) is 11.1. The van der Waals surface area contributed by atoms with Crippen LogP contribution in [0.15, 0.2) is 30.3 Å². The summed E-state index contributed by atoms with van der Waals surface area (Å²) in [7, 11) is 6.45. The van der Waals surface area contributed by atoms with Crippen LogP contribution in [0, 0.1) is 11.8 Å². The van der Waals surface area contributed by atoms with E-state index < -0.39 is 0 Å². The monoisotopic (exact) mass is 569 g/mol. The third-order valence-electron chi connectivity index (χ3n) is 8.51. The van der Waals surface area contributed by atoms with Crippen LogP contribution in [-0.2, 0) is 11.2 Å². The summed E-state index contributed by atoms with van der Waals surface area (Å²) in [6.07, 6.45) is 13.1. The first-order chi connectivity index (χ1) is 20.0. The highest BCUT2D eigenvalue weighted by Crippen LogP contribution is 2.48. The second kappa shape index (κ2) is 17.1. The van der Waals surface area contributed by atoms with Crippen LogP contribution in [0.5, 0.6) is 23.0 Å². The van der Waals surface area contributed by atoms with E-state index in [4.69, 9.17) is 18.9 Å². The van der Waals surface area contributed by atoms with Gasteiger partial charge >= 0.3 is 0 Å². The van der Waals surface area contributed by atoms with Crippen molar-refractivity contribution in [1.82, 2.24) is 5.32 Å². The van der Waals surface area contributed by atoms with Gasteiger partial charge in [0.1, 0.15) is 0 Å². The predicted octanol–water partition coefficient (Wildman–Crippen LogP) is 6.67. The largest absolute Gasteiger partial charge is 0.493 e. The molecular weight excluding hydrogens is 518 g/mol. The Morgan fingerprint density at radius 1 is 0.780 bits per heavy atom. The minimum Gasteiger partial charge on any atom is -0.493 e. The number of methoxy groups -OCH3 is 4. The molecule has 7 nitrogen and oxygen atoms in total. The molecule has 0 saturated carbocycles. The van der Waals surface area contributed by atoms with Crippen LogP contribution in [0.4, 0.5) is 0 Å². The maximum atomic E-state index is 13.6. The molecule has 0 radical (unpaired) electrons. The van der Waals surface area contributed by atoms with Crippen LogP contribution >= 0.6 is 0 Å². The zero-order valence-corrected chi connectivity index (χ0v) is 25.8. The van der Waals surface area contributed by atoms with Gasteiger partial charge in [-0.25, -0.2) is 0 Å². The van der Waals surface area contributed by atoms with E-state index in [1.165, 1.54) is 51.4 Å². The number of unbranched alkanes of at least 4 members (excludes halogenated alkanes) is 9. The molecule has 0 unspecified atom stereocenters. The lowest BCUT2D eigenvalue weighted by molar-refractivity contribution is -0.127. The van der Waals surface area contributed by atoms with Crippen molar-refractivity contribution < 1.29 is 28.8 Å². The highest BCUT2D eigenvalue weighted by Gasteiger charge is 2.41. The predicted molar refractivity (Wildman–Crippen MR) is 164 cm³/mol. The van der Waals surface area contributed by atoms with Crippen molar-refractivity contribution in [1.29, 1.82) is 0 Å². The molecule has 41 heavy (non-hydrogen) atoms. The minimum atomic E-state index is -0.383. The Morgan fingerprint density at radius 3 is 1.93 bits per heavy atom. The first-order valence-electron chi connectivity index (χ1n) is 15.4. The topological polar surface area (TPSA) is 86.3 Å². The number of fused-ring (bicyclic) bond motifs is 1. The highest BCUT2D eigenvalue weighted by atomic mass is 16.5. The van der Waals surface area contributed by atoms with Crippen LogP contribution in [0.2, 0.25) is 0 Å². The highest BCUT2D eigenvalue weighted by molar-refractivity contribution is 5.80. The molecule has 0 fully saturated rings. The summed E-state index contributed by atoms with van der Waals surface area (Å²) >= 11 is 0. The number of amides is 1. The standard InChI is InChI=1S/C34H51NO6/c1-6-7-8-9-10-11-12-13-14-15-18-35-34(37)27-19-25-21-31(40-4)32(41-5)22-26(25)33(28(27)23-36)24-16-17-29(38-2)30(20-24)39-3/h16-17,20-22,27-28,33,36H,6-15,18-19,23H2,1-5H3,(H,35,37)/t27-,28-,33+/m1/s1. The van der Waals surface area contributed by atoms with Crippen molar-refractivity contribution in [2.24, 2.45) is 11.8 Å². The Balaban J connectivity index is 1.73. The van der Waals surface area contributed by atoms with Gasteiger partial charge in [0.15, 0.2) is 23.0 Å². The van der Waals surface area contributed by atoms with Gasteiger partial charge in [0.2, 0.25) is 5.91 Å². The molecule has 1 amide bonds. The van der Waals surface area contributed by atoms with E-state index in [9.17, 15) is 9.90 Å². The van der Waals surface area contributed by atoms with Crippen molar-refractivity contribution in [3.63, 3.8) is 0 Å². The molecule has 228 valence electrons. The zero-order chi connectivity index (χ0) is 29.6. The third kappa shape index (κ3) is 8.54. The number of benzene rings is 2. The molecule has 0 aromatic heterocycles. The van der Waals surface area contributed by atoms with Crippen LogP contribution in [0.25, 0.3) is 0 Å². The van der Waals surface area contributed by atoms with E-state index in [0.717, 1.165) is 29.5 Å². The molecule has 1 aliphatic rings. The normalized spacial score (nSPS) is 18.0. The molecule has 0 spiro atoms. The van der Waals surface area contributed by atoms with E-state index in [0.29, 0.717) is 36.0 Å². The first kappa shape index (κ1) is 32.6. The Labute approximate surface area is 246 Å². The van der Waals surface area contributed by atoms with Crippen molar-refractivity contribution in [3.05, 3.63) is 47.0 Å². The number of ether oxygens (including phenoxy) is 4. The van der Waals surface area contributed by atoms with Gasteiger partial charge in [0.05, 0.1) is 28.4 Å². The Kier molecular flexibility index (Phi) is 13.6. The van der Waals surface area contributed by atoms with Crippen molar-refractivity contribution in [2.75, 3.05) is 41.6 Å². The van der Waals surface area contributed by atoms with Gasteiger partial charge in [0.25, 0.3) is 0 Å². The van der Waals surface area contributed by atoms with E-state index in [1.54, 1.807) is 28.4 Å². The van der Waals surface area contributed by atoms with Crippen molar-refractivity contribution in [2.45, 2.75) is 83.5 Å². The van der Waals surface area contributed by atoms with E-state index >= 15 is 0 Å². The van der Waals surface area contributed by atoms with Crippen molar-refractivity contribution in [3.8, 4) is 23.0 Å². The number of aliphatic hydroxyl groups is 1. The molecule has 2 aromatic carbocycles. The molecule has 3 rings (SSSR count). The lowest BCUT2D eigenvalue weighted by Crippen LogP contribution is -2.43. The smallest absolute Gasteiger partial charge is 0.223 e. The van der Waals surface area contributed by atoms with E-state index in [1.807, 2.05) is 30.3 Å². The first-order valence-corrected chi connectivity index (χ1v) is 15.4. The molecular formula is C34H51NO6. The maximum Gasteiger partial charge on any atom is 0.223 e. The fourth-order valence-electron chi connectivity index (χ4n) is 6.20. The van der Waals surface area contributed by atoms with Crippen LogP contribution in [0.1, 0.15) is 93.7 Å². The van der Waals surface area contributed by atoms with Gasteiger partial charge in [-0.3, -0.25) is 4.79 Å². The fourth-order valence-corrected chi connectivity index (χ4v) is 6.20. The zero-order valence-electron chi connectivity index (χ0n) is 25.8. The number of rotatable bonds is 18. The van der Waals surface area contributed by atoms with Gasteiger partial charge < -0.3 is 29.4 Å². The molecule has 0 saturated heterocycles. The molecule has 0 heterocycles. The summed E-state index contributed by atoms with van der Waals surface area (Å²) in [6, 6.07) is 9.75. The number of aliphatic hydroxyl groups excluding tert-OH is 1. The average Bonchev–Trinajstić information content (AvgIpc) is 3.01.